The lowest BCUT2D eigenvalue weighted by Gasteiger charge is -2.35. The number of allylic oxidation sites excluding steroid dienone is 1. The molecule has 2 saturated heterocycles. The van der Waals surface area contributed by atoms with Crippen LogP contribution in [0.15, 0.2) is 24.3 Å². The number of nitrogens with zero attached hydrogens (tertiary/aromatic N) is 2. The zero-order valence-electron chi connectivity index (χ0n) is 20.9. The van der Waals surface area contributed by atoms with Gasteiger partial charge in [-0.05, 0) is 38.5 Å². The topological polar surface area (TPSA) is 87.2 Å². The van der Waals surface area contributed by atoms with Crippen LogP contribution in [-0.2, 0) is 19.1 Å². The lowest BCUT2D eigenvalue weighted by molar-refractivity contribution is -0.153. The molecule has 0 aromatic heterocycles. The standard InChI is InChI=1S/C27H40N2O5S/c1-2-3-15-28-16-12-14-27-22(21-20(35-27)13-8-4-7-11-19-34-26(21)33)24(31)29(23(27)25(28)32)17-9-5-6-10-18-30/h8,12-14,20-23,30H,2-7,9-11,15-19H2,1H3/b13-8-/t20-,21+,22+,23?,27+/m1/s1. The molecule has 35 heavy (non-hydrogen) atoms. The summed E-state index contributed by atoms with van der Waals surface area (Å²) in [7, 11) is 0. The van der Waals surface area contributed by atoms with Crippen molar-refractivity contribution in [3.8, 4) is 0 Å². The highest BCUT2D eigenvalue weighted by atomic mass is 32.2. The van der Waals surface area contributed by atoms with Crippen LogP contribution in [0.4, 0.5) is 0 Å². The molecule has 0 bridgehead atoms. The van der Waals surface area contributed by atoms with Crippen LogP contribution in [0.2, 0.25) is 0 Å². The number of aliphatic hydroxyl groups is 1. The Bertz CT molecular complexity index is 845. The molecule has 1 unspecified atom stereocenters. The van der Waals surface area contributed by atoms with Crippen molar-refractivity contribution in [1.82, 2.24) is 9.80 Å². The second-order valence-electron chi connectivity index (χ2n) is 10.1. The molecule has 5 atom stereocenters. The fraction of sp³-hybridized carbons (Fsp3) is 0.741. The second-order valence-corrected chi connectivity index (χ2v) is 11.6. The number of carbonyl (C=O) groups is 3. The van der Waals surface area contributed by atoms with Crippen molar-refractivity contribution in [2.24, 2.45) is 11.8 Å². The molecule has 4 aliphatic rings. The van der Waals surface area contributed by atoms with E-state index in [-0.39, 0.29) is 29.6 Å². The summed E-state index contributed by atoms with van der Waals surface area (Å²) in [5, 5.41) is 8.91. The average molecular weight is 505 g/mol. The van der Waals surface area contributed by atoms with Gasteiger partial charge in [0, 0.05) is 31.5 Å². The largest absolute Gasteiger partial charge is 0.465 e. The Kier molecular flexibility index (Phi) is 8.97. The van der Waals surface area contributed by atoms with Gasteiger partial charge in [-0.2, -0.15) is 0 Å². The number of amides is 2. The fourth-order valence-corrected chi connectivity index (χ4v) is 8.00. The molecule has 4 heterocycles. The maximum atomic E-state index is 14.0. The quantitative estimate of drug-likeness (QED) is 0.295. The zero-order valence-corrected chi connectivity index (χ0v) is 21.7. The van der Waals surface area contributed by atoms with Gasteiger partial charge in [-0.1, -0.05) is 50.5 Å². The number of hydrogen-bond donors (Lipinski definition) is 1. The Morgan fingerprint density at radius 3 is 2.69 bits per heavy atom. The summed E-state index contributed by atoms with van der Waals surface area (Å²) in [4.78, 5) is 45.0. The third-order valence-corrected chi connectivity index (χ3v) is 9.52. The van der Waals surface area contributed by atoms with Crippen LogP contribution in [0.5, 0.6) is 0 Å². The predicted molar refractivity (Wildman–Crippen MR) is 137 cm³/mol. The maximum Gasteiger partial charge on any atom is 0.311 e. The van der Waals surface area contributed by atoms with Gasteiger partial charge in [0.25, 0.3) is 0 Å². The number of esters is 1. The lowest BCUT2D eigenvalue weighted by atomic mass is 9.78. The van der Waals surface area contributed by atoms with E-state index in [1.165, 1.54) is 0 Å². The van der Waals surface area contributed by atoms with E-state index in [1.807, 2.05) is 11.0 Å². The van der Waals surface area contributed by atoms with E-state index in [2.05, 4.69) is 25.2 Å². The molecule has 0 saturated carbocycles. The second kappa shape index (κ2) is 12.0. The van der Waals surface area contributed by atoms with Crippen molar-refractivity contribution in [1.29, 1.82) is 0 Å². The first-order valence-electron chi connectivity index (χ1n) is 13.4. The van der Waals surface area contributed by atoms with E-state index in [0.717, 1.165) is 57.8 Å². The first-order valence-corrected chi connectivity index (χ1v) is 14.3. The zero-order chi connectivity index (χ0) is 24.8. The summed E-state index contributed by atoms with van der Waals surface area (Å²) in [5.74, 6) is -1.56. The molecule has 8 heteroatoms. The van der Waals surface area contributed by atoms with E-state index in [4.69, 9.17) is 9.84 Å². The van der Waals surface area contributed by atoms with Gasteiger partial charge in [-0.15, -0.1) is 11.8 Å². The average Bonchev–Trinajstić information content (AvgIpc) is 3.23. The van der Waals surface area contributed by atoms with Crippen LogP contribution in [0, 0.1) is 11.8 Å². The maximum absolute atomic E-state index is 14.0. The van der Waals surface area contributed by atoms with Crippen LogP contribution in [-0.4, -0.2) is 81.6 Å². The van der Waals surface area contributed by atoms with E-state index < -0.39 is 22.6 Å². The van der Waals surface area contributed by atoms with Gasteiger partial charge in [0.05, 0.1) is 23.2 Å². The van der Waals surface area contributed by atoms with Gasteiger partial charge in [0.2, 0.25) is 11.8 Å². The van der Waals surface area contributed by atoms with Crippen molar-refractivity contribution in [3.05, 3.63) is 24.3 Å². The molecule has 0 radical (unpaired) electrons. The minimum Gasteiger partial charge on any atom is -0.465 e. The highest BCUT2D eigenvalue weighted by molar-refractivity contribution is 8.02. The van der Waals surface area contributed by atoms with Crippen LogP contribution >= 0.6 is 11.8 Å². The van der Waals surface area contributed by atoms with Crippen molar-refractivity contribution < 1.29 is 24.2 Å². The van der Waals surface area contributed by atoms with Crippen LogP contribution in [0.25, 0.3) is 0 Å². The van der Waals surface area contributed by atoms with E-state index in [1.54, 1.807) is 16.7 Å². The number of rotatable bonds is 9. The number of cyclic esters (lactones) is 1. The minimum absolute atomic E-state index is 0.00298. The number of unbranched alkanes of at least 4 members (excludes halogenated alkanes) is 4. The molecule has 0 aromatic carbocycles. The van der Waals surface area contributed by atoms with Gasteiger partial charge in [-0.3, -0.25) is 14.4 Å². The highest BCUT2D eigenvalue weighted by Crippen LogP contribution is 2.60. The summed E-state index contributed by atoms with van der Waals surface area (Å²) in [6.07, 6.45) is 16.3. The molecule has 194 valence electrons. The van der Waals surface area contributed by atoms with Gasteiger partial charge in [-0.25, -0.2) is 0 Å². The SMILES string of the molecule is CCCCN1CC=C[C@]23S[C@@H]4/C=C\CCCCOC(=O)[C@@H]4[C@H]2C(=O)N(CCCCCCO)C3C1=O. The van der Waals surface area contributed by atoms with Crippen LogP contribution < -0.4 is 0 Å². The minimum atomic E-state index is -0.757. The Hall–Kier alpha value is -1.80. The van der Waals surface area contributed by atoms with Crippen LogP contribution in [0.3, 0.4) is 0 Å². The third-order valence-electron chi connectivity index (χ3n) is 7.77. The van der Waals surface area contributed by atoms with Crippen molar-refractivity contribution in [3.63, 3.8) is 0 Å². The van der Waals surface area contributed by atoms with Crippen molar-refractivity contribution >= 4 is 29.5 Å². The number of ether oxygens (including phenoxy) is 1. The Morgan fingerprint density at radius 2 is 1.89 bits per heavy atom. The van der Waals surface area contributed by atoms with Gasteiger partial charge in [0.1, 0.15) is 6.04 Å². The molecular weight excluding hydrogens is 464 g/mol. The molecule has 2 amide bonds. The smallest absolute Gasteiger partial charge is 0.311 e. The fourth-order valence-electron chi connectivity index (χ4n) is 6.00. The Morgan fingerprint density at radius 1 is 1.06 bits per heavy atom. The number of aliphatic hydroxyl groups excluding tert-OH is 1. The third kappa shape index (κ3) is 5.19. The number of likely N-dealkylation sites (tertiary alicyclic amines) is 1. The molecular formula is C27H40N2O5S. The van der Waals surface area contributed by atoms with Crippen molar-refractivity contribution in [2.75, 3.05) is 32.8 Å². The summed E-state index contributed by atoms with van der Waals surface area (Å²) in [6, 6.07) is -0.600. The van der Waals surface area contributed by atoms with Crippen LogP contribution in [0.1, 0.15) is 64.7 Å². The Labute approximate surface area is 213 Å². The molecule has 0 aliphatic carbocycles. The lowest BCUT2D eigenvalue weighted by Crippen LogP contribution is -2.53. The van der Waals surface area contributed by atoms with E-state index >= 15 is 0 Å². The van der Waals surface area contributed by atoms with Gasteiger partial charge < -0.3 is 19.6 Å². The number of carbonyl (C=O) groups excluding carboxylic acids is 3. The summed E-state index contributed by atoms with van der Waals surface area (Å²) >= 11 is 1.62. The van der Waals surface area contributed by atoms with Gasteiger partial charge in [0.15, 0.2) is 0 Å². The number of hydrogen-bond acceptors (Lipinski definition) is 6. The summed E-state index contributed by atoms with van der Waals surface area (Å²) in [6.45, 7) is 4.37. The number of thioether (sulfide) groups is 1. The first-order chi connectivity index (χ1) is 17.0. The Balaban J connectivity index is 1.69. The van der Waals surface area contributed by atoms with Gasteiger partial charge >= 0.3 is 5.97 Å². The van der Waals surface area contributed by atoms with E-state index in [0.29, 0.717) is 26.2 Å². The summed E-state index contributed by atoms with van der Waals surface area (Å²) < 4.78 is 4.90. The normalized spacial score (nSPS) is 33.7. The van der Waals surface area contributed by atoms with Crippen molar-refractivity contribution in [2.45, 2.75) is 80.7 Å². The molecule has 4 rings (SSSR count). The predicted octanol–water partition coefficient (Wildman–Crippen LogP) is 3.32. The van der Waals surface area contributed by atoms with E-state index in [9.17, 15) is 14.4 Å². The molecule has 7 nitrogen and oxygen atoms in total. The highest BCUT2D eigenvalue weighted by Gasteiger charge is 2.70. The molecule has 1 N–H and O–H groups in total. The number of fused-ring (bicyclic) bond motifs is 2. The molecule has 2 fully saturated rings. The molecule has 0 aromatic rings. The molecule has 1 spiro atoms. The summed E-state index contributed by atoms with van der Waals surface area (Å²) in [5.41, 5.74) is 0. The monoisotopic (exact) mass is 504 g/mol. The molecule has 4 aliphatic heterocycles. The first kappa shape index (κ1) is 26.3.